The minimum atomic E-state index is -0.794. The Morgan fingerprint density at radius 3 is 2.86 bits per heavy atom. The molecule has 3 rings (SSSR count). The van der Waals surface area contributed by atoms with Gasteiger partial charge in [0.15, 0.2) is 11.6 Å². The van der Waals surface area contributed by atoms with Crippen molar-refractivity contribution in [2.45, 2.75) is 30.7 Å². The third kappa shape index (κ3) is 5.77. The number of pyridine rings is 1. The van der Waals surface area contributed by atoms with Gasteiger partial charge in [-0.3, -0.25) is 4.79 Å². The van der Waals surface area contributed by atoms with Crippen molar-refractivity contribution in [3.05, 3.63) is 71.2 Å². The number of hydrogen-bond acceptors (Lipinski definition) is 6. The summed E-state index contributed by atoms with van der Waals surface area (Å²) in [6.45, 7) is 3.55. The number of aryl methyl sites for hydroxylation is 1. The number of nitrogens with one attached hydrogen (secondary N) is 1. The third-order valence-electron chi connectivity index (χ3n) is 3.81. The topological polar surface area (TPSA) is 77.2 Å². The normalized spacial score (nSPS) is 11.9. The van der Waals surface area contributed by atoms with Crippen molar-refractivity contribution in [3.8, 4) is 5.75 Å². The zero-order chi connectivity index (χ0) is 20.8. The van der Waals surface area contributed by atoms with E-state index in [-0.39, 0.29) is 18.3 Å². The van der Waals surface area contributed by atoms with Crippen LogP contribution in [0, 0.1) is 18.6 Å². The molecule has 1 unspecified atom stereocenters. The molecule has 3 aromatic rings. The summed E-state index contributed by atoms with van der Waals surface area (Å²) in [5.74, 6) is -0.653. The van der Waals surface area contributed by atoms with Crippen LogP contribution in [-0.4, -0.2) is 28.7 Å². The molecule has 0 bridgehead atoms. The Morgan fingerprint density at radius 1 is 1.31 bits per heavy atom. The van der Waals surface area contributed by atoms with Crippen molar-refractivity contribution in [2.75, 3.05) is 6.61 Å². The Labute approximate surface area is 170 Å². The number of halogens is 2. The fourth-order valence-corrected chi connectivity index (χ4v) is 3.33. The van der Waals surface area contributed by atoms with Gasteiger partial charge in [-0.1, -0.05) is 16.9 Å². The molecular formula is C20H19F2N3O3S. The van der Waals surface area contributed by atoms with Crippen LogP contribution < -0.4 is 10.1 Å². The van der Waals surface area contributed by atoms with Crippen LogP contribution in [0.15, 0.2) is 52.1 Å². The molecule has 1 atom stereocenters. The Kier molecular flexibility index (Phi) is 6.82. The number of carbonyl (C=O) groups excluding carboxylic acids is 1. The maximum absolute atomic E-state index is 13.6. The summed E-state index contributed by atoms with van der Waals surface area (Å²) in [5.41, 5.74) is 1.17. The molecule has 2 heterocycles. The monoisotopic (exact) mass is 419 g/mol. The lowest BCUT2D eigenvalue weighted by molar-refractivity contribution is 0.0922. The number of nitrogens with zero attached hydrogens (tertiary/aromatic N) is 2. The maximum atomic E-state index is 13.6. The van der Waals surface area contributed by atoms with E-state index >= 15 is 0 Å². The number of hydrogen-bond donors (Lipinski definition) is 1. The van der Waals surface area contributed by atoms with Crippen molar-refractivity contribution in [2.24, 2.45) is 0 Å². The first-order chi connectivity index (χ1) is 13.9. The fourth-order valence-electron chi connectivity index (χ4n) is 2.46. The molecule has 0 aliphatic carbocycles. The van der Waals surface area contributed by atoms with E-state index in [4.69, 9.17) is 9.26 Å². The summed E-state index contributed by atoms with van der Waals surface area (Å²) < 4.78 is 36.9. The molecule has 0 fully saturated rings. The van der Waals surface area contributed by atoms with Crippen LogP contribution >= 0.6 is 11.8 Å². The number of aromatic nitrogens is 2. The van der Waals surface area contributed by atoms with Gasteiger partial charge >= 0.3 is 0 Å². The van der Waals surface area contributed by atoms with Crippen molar-refractivity contribution < 1.29 is 22.8 Å². The second kappa shape index (κ2) is 9.51. The molecule has 2 aromatic heterocycles. The molecule has 0 aliphatic heterocycles. The standard InChI is InChI=1S/C20H19F2N3O3S/c1-12(10-27-18-6-5-14(21)9-17(18)22)24-19(26)16-4-3-7-23-20(16)29-11-15-8-13(2)28-25-15/h3-9,12H,10-11H2,1-2H3,(H,24,26). The van der Waals surface area contributed by atoms with Gasteiger partial charge in [0.1, 0.15) is 23.2 Å². The predicted molar refractivity (Wildman–Crippen MR) is 104 cm³/mol. The van der Waals surface area contributed by atoms with Gasteiger partial charge in [0, 0.05) is 24.1 Å². The number of ether oxygens (including phenoxy) is 1. The lowest BCUT2D eigenvalue weighted by atomic mass is 10.2. The SMILES string of the molecule is Cc1cc(CSc2ncccc2C(=O)NC(C)COc2ccc(F)cc2F)no1. The second-order valence-corrected chi connectivity index (χ2v) is 7.30. The molecule has 0 spiro atoms. The lowest BCUT2D eigenvalue weighted by Crippen LogP contribution is -2.37. The van der Waals surface area contributed by atoms with Crippen LogP contribution in [0.5, 0.6) is 5.75 Å². The first-order valence-corrected chi connectivity index (χ1v) is 9.79. The number of thioether (sulfide) groups is 1. The smallest absolute Gasteiger partial charge is 0.254 e. The summed E-state index contributed by atoms with van der Waals surface area (Å²) in [5, 5.41) is 7.28. The van der Waals surface area contributed by atoms with Crippen molar-refractivity contribution in [1.82, 2.24) is 15.5 Å². The van der Waals surface area contributed by atoms with Gasteiger partial charge in [0.25, 0.3) is 5.91 Å². The Morgan fingerprint density at radius 2 is 2.14 bits per heavy atom. The second-order valence-electron chi connectivity index (χ2n) is 6.33. The van der Waals surface area contributed by atoms with Crippen LogP contribution in [0.1, 0.15) is 28.7 Å². The third-order valence-corrected chi connectivity index (χ3v) is 4.85. The average Bonchev–Trinajstić information content (AvgIpc) is 3.11. The van der Waals surface area contributed by atoms with E-state index in [2.05, 4.69) is 15.5 Å². The first-order valence-electron chi connectivity index (χ1n) is 8.81. The first kappa shape index (κ1) is 20.8. The highest BCUT2D eigenvalue weighted by Gasteiger charge is 2.16. The molecule has 9 heteroatoms. The van der Waals surface area contributed by atoms with Crippen LogP contribution in [0.4, 0.5) is 8.78 Å². The van der Waals surface area contributed by atoms with Crippen molar-refractivity contribution in [3.63, 3.8) is 0 Å². The molecule has 1 amide bonds. The van der Waals surface area contributed by atoms with E-state index in [9.17, 15) is 13.6 Å². The van der Waals surface area contributed by atoms with Crippen LogP contribution in [0.2, 0.25) is 0 Å². The van der Waals surface area contributed by atoms with Gasteiger partial charge in [0.05, 0.1) is 17.3 Å². The highest BCUT2D eigenvalue weighted by atomic mass is 32.2. The molecule has 0 saturated carbocycles. The number of benzene rings is 1. The lowest BCUT2D eigenvalue weighted by Gasteiger charge is -2.16. The van der Waals surface area contributed by atoms with Gasteiger partial charge < -0.3 is 14.6 Å². The van der Waals surface area contributed by atoms with Gasteiger partial charge in [0.2, 0.25) is 0 Å². The summed E-state index contributed by atoms with van der Waals surface area (Å²) in [6.07, 6.45) is 1.61. The van der Waals surface area contributed by atoms with Crippen LogP contribution in [-0.2, 0) is 5.75 Å². The maximum Gasteiger partial charge on any atom is 0.254 e. The molecule has 0 aliphatic rings. The summed E-state index contributed by atoms with van der Waals surface area (Å²) >= 11 is 1.37. The zero-order valence-corrected chi connectivity index (χ0v) is 16.6. The quantitative estimate of drug-likeness (QED) is 0.553. The number of rotatable bonds is 8. The zero-order valence-electron chi connectivity index (χ0n) is 15.8. The minimum absolute atomic E-state index is 0.0231. The molecule has 6 nitrogen and oxygen atoms in total. The van der Waals surface area contributed by atoms with E-state index in [0.29, 0.717) is 22.1 Å². The number of carbonyl (C=O) groups is 1. The molecule has 0 saturated heterocycles. The predicted octanol–water partition coefficient (Wildman–Crippen LogP) is 4.15. The molecule has 0 radical (unpaired) electrons. The summed E-state index contributed by atoms with van der Waals surface area (Å²) in [7, 11) is 0. The fraction of sp³-hybridized carbons (Fsp3) is 0.250. The number of amides is 1. The largest absolute Gasteiger partial charge is 0.488 e. The summed E-state index contributed by atoms with van der Waals surface area (Å²) in [4.78, 5) is 16.9. The van der Waals surface area contributed by atoms with E-state index in [1.807, 2.05) is 13.0 Å². The molecular weight excluding hydrogens is 400 g/mol. The molecule has 152 valence electrons. The Bertz CT molecular complexity index is 997. The summed E-state index contributed by atoms with van der Waals surface area (Å²) in [6, 6.07) is 7.82. The van der Waals surface area contributed by atoms with Crippen LogP contribution in [0.3, 0.4) is 0 Å². The van der Waals surface area contributed by atoms with E-state index in [0.717, 1.165) is 17.8 Å². The minimum Gasteiger partial charge on any atom is -0.488 e. The van der Waals surface area contributed by atoms with Crippen LogP contribution in [0.25, 0.3) is 0 Å². The van der Waals surface area contributed by atoms with Crippen molar-refractivity contribution in [1.29, 1.82) is 0 Å². The highest BCUT2D eigenvalue weighted by molar-refractivity contribution is 7.98. The van der Waals surface area contributed by atoms with Gasteiger partial charge in [-0.05, 0) is 38.1 Å². The van der Waals surface area contributed by atoms with E-state index in [1.54, 1.807) is 25.3 Å². The highest BCUT2D eigenvalue weighted by Crippen LogP contribution is 2.24. The van der Waals surface area contributed by atoms with E-state index < -0.39 is 17.7 Å². The van der Waals surface area contributed by atoms with Gasteiger partial charge in [-0.25, -0.2) is 13.8 Å². The van der Waals surface area contributed by atoms with Crippen molar-refractivity contribution >= 4 is 17.7 Å². The molecule has 1 N–H and O–H groups in total. The van der Waals surface area contributed by atoms with Gasteiger partial charge in [-0.15, -0.1) is 0 Å². The Hall–Kier alpha value is -2.94. The Balaban J connectivity index is 1.58. The average molecular weight is 419 g/mol. The van der Waals surface area contributed by atoms with E-state index in [1.165, 1.54) is 17.8 Å². The molecule has 29 heavy (non-hydrogen) atoms. The van der Waals surface area contributed by atoms with Gasteiger partial charge in [-0.2, -0.15) is 0 Å². The molecule has 1 aromatic carbocycles.